The molecule has 0 rings (SSSR count). The van der Waals surface area contributed by atoms with Crippen LogP contribution in [0.1, 0.15) is 32.1 Å². The Labute approximate surface area is 133 Å². The molecule has 0 saturated heterocycles. The molecule has 0 aromatic rings. The van der Waals surface area contributed by atoms with Crippen molar-refractivity contribution in [3.63, 3.8) is 0 Å². The first-order valence-corrected chi connectivity index (χ1v) is 8.07. The van der Waals surface area contributed by atoms with E-state index >= 15 is 0 Å². The van der Waals surface area contributed by atoms with Crippen LogP contribution in [0.3, 0.4) is 0 Å². The smallest absolute Gasteiger partial charge is 0.359 e. The predicted octanol–water partition coefficient (Wildman–Crippen LogP) is 1.03. The summed E-state index contributed by atoms with van der Waals surface area (Å²) >= 11 is 0. The first-order chi connectivity index (χ1) is 10.6. The van der Waals surface area contributed by atoms with E-state index in [4.69, 9.17) is 20.1 Å². The van der Waals surface area contributed by atoms with E-state index < -0.39 is 5.97 Å². The first kappa shape index (κ1) is 21.0. The first-order valence-electron chi connectivity index (χ1n) is 8.07. The van der Waals surface area contributed by atoms with Gasteiger partial charge < -0.3 is 24.5 Å². The second-order valence-corrected chi connectivity index (χ2v) is 5.62. The van der Waals surface area contributed by atoms with Gasteiger partial charge in [0.2, 0.25) is 0 Å². The molecule has 6 heteroatoms. The molecule has 0 bridgehead atoms. The normalized spacial score (nSPS) is 11.5. The number of unbranched alkanes of at least 4 members (excludes halogenated alkanes) is 4. The van der Waals surface area contributed by atoms with E-state index in [2.05, 4.69) is 6.58 Å². The highest BCUT2D eigenvalue weighted by Crippen LogP contribution is 2.07. The molecule has 0 atom stereocenters. The number of hydrogen-bond acceptors (Lipinski definition) is 4. The van der Waals surface area contributed by atoms with Gasteiger partial charge in [-0.05, 0) is 19.3 Å². The van der Waals surface area contributed by atoms with Crippen LogP contribution in [-0.2, 0) is 9.53 Å². The van der Waals surface area contributed by atoms with Crippen LogP contribution in [0.15, 0.2) is 12.7 Å². The second-order valence-electron chi connectivity index (χ2n) is 5.62. The summed E-state index contributed by atoms with van der Waals surface area (Å²) in [6.07, 6.45) is 7.43. The van der Waals surface area contributed by atoms with E-state index in [1.807, 2.05) is 6.08 Å². The van der Waals surface area contributed by atoms with Crippen LogP contribution in [0.4, 0.5) is 0 Å². The fourth-order valence-corrected chi connectivity index (χ4v) is 2.49. The molecule has 0 unspecified atom stereocenters. The van der Waals surface area contributed by atoms with Gasteiger partial charge in [0, 0.05) is 6.61 Å². The Morgan fingerprint density at radius 2 is 1.64 bits per heavy atom. The molecule has 0 spiro atoms. The summed E-state index contributed by atoms with van der Waals surface area (Å²) in [6, 6.07) is 0. The zero-order valence-corrected chi connectivity index (χ0v) is 13.6. The van der Waals surface area contributed by atoms with Crippen molar-refractivity contribution in [1.82, 2.24) is 0 Å². The van der Waals surface area contributed by atoms with Gasteiger partial charge in [0.1, 0.15) is 19.6 Å². The molecule has 0 aromatic heterocycles. The Morgan fingerprint density at radius 3 is 2.18 bits per heavy atom. The van der Waals surface area contributed by atoms with Gasteiger partial charge in [-0.25, -0.2) is 4.79 Å². The number of hydrogen-bond donors (Lipinski definition) is 3. The summed E-state index contributed by atoms with van der Waals surface area (Å²) in [7, 11) is 0. The molecular formula is C16H32NO5+. The van der Waals surface area contributed by atoms with Gasteiger partial charge in [-0.3, -0.25) is 0 Å². The summed E-state index contributed by atoms with van der Waals surface area (Å²) in [5.74, 6) is -0.927. The largest absolute Gasteiger partial charge is 0.477 e. The minimum atomic E-state index is -0.927. The summed E-state index contributed by atoms with van der Waals surface area (Å²) in [6.45, 7) is 5.62. The molecule has 0 aliphatic rings. The monoisotopic (exact) mass is 318 g/mol. The average molecular weight is 318 g/mol. The van der Waals surface area contributed by atoms with E-state index in [9.17, 15) is 4.79 Å². The zero-order chi connectivity index (χ0) is 16.7. The Bertz CT molecular complexity index is 290. The Hall–Kier alpha value is -0.950. The summed E-state index contributed by atoms with van der Waals surface area (Å²) in [4.78, 5) is 11.0. The molecule has 6 nitrogen and oxygen atoms in total. The van der Waals surface area contributed by atoms with Crippen molar-refractivity contribution in [3.05, 3.63) is 12.7 Å². The Kier molecular flexibility index (Phi) is 13.1. The standard InChI is InChI=1S/C16H31NO5/c1-2-3-4-5-6-7-13-22-14-10-17(8-11-18,9-12-19)15-16(20)21/h2,18-19H,1,3-15H2/p+1. The number of carboxylic acids is 1. The van der Waals surface area contributed by atoms with Crippen molar-refractivity contribution < 1.29 is 29.3 Å². The van der Waals surface area contributed by atoms with Crippen molar-refractivity contribution in [3.8, 4) is 0 Å². The Balaban J connectivity index is 3.96. The number of carbonyl (C=O) groups is 1. The quantitative estimate of drug-likeness (QED) is 0.225. The number of ether oxygens (including phenoxy) is 1. The third-order valence-electron chi connectivity index (χ3n) is 3.78. The number of allylic oxidation sites excluding steroid dienone is 1. The molecule has 130 valence electrons. The highest BCUT2D eigenvalue weighted by atomic mass is 16.5. The van der Waals surface area contributed by atoms with E-state index in [0.29, 0.717) is 32.8 Å². The molecule has 0 fully saturated rings. The topological polar surface area (TPSA) is 87.0 Å². The van der Waals surface area contributed by atoms with Gasteiger partial charge in [0.15, 0.2) is 6.54 Å². The van der Waals surface area contributed by atoms with Gasteiger partial charge >= 0.3 is 5.97 Å². The number of aliphatic hydroxyl groups excluding tert-OH is 2. The lowest BCUT2D eigenvalue weighted by molar-refractivity contribution is -0.922. The molecule has 0 amide bonds. The van der Waals surface area contributed by atoms with Crippen LogP contribution in [0.25, 0.3) is 0 Å². The second kappa shape index (κ2) is 13.7. The summed E-state index contributed by atoms with van der Waals surface area (Å²) < 4.78 is 5.73. The maximum Gasteiger partial charge on any atom is 0.359 e. The maximum absolute atomic E-state index is 11.0. The number of quaternary nitrogens is 1. The van der Waals surface area contributed by atoms with Crippen LogP contribution in [0.2, 0.25) is 0 Å². The fraction of sp³-hybridized carbons (Fsp3) is 0.812. The van der Waals surface area contributed by atoms with Gasteiger partial charge in [0.25, 0.3) is 0 Å². The fourth-order valence-electron chi connectivity index (χ4n) is 2.49. The molecule has 0 radical (unpaired) electrons. The predicted molar refractivity (Wildman–Crippen MR) is 85.6 cm³/mol. The minimum Gasteiger partial charge on any atom is -0.477 e. The number of carboxylic acid groups (broad SMARTS) is 1. The molecule has 0 aliphatic heterocycles. The van der Waals surface area contributed by atoms with Crippen LogP contribution in [0.5, 0.6) is 0 Å². The van der Waals surface area contributed by atoms with E-state index in [1.54, 1.807) is 0 Å². The summed E-state index contributed by atoms with van der Waals surface area (Å²) in [5.41, 5.74) is 0. The lowest BCUT2D eigenvalue weighted by atomic mass is 10.1. The van der Waals surface area contributed by atoms with Crippen LogP contribution < -0.4 is 0 Å². The van der Waals surface area contributed by atoms with Crippen molar-refractivity contribution in [1.29, 1.82) is 0 Å². The van der Waals surface area contributed by atoms with Crippen molar-refractivity contribution in [2.45, 2.75) is 32.1 Å². The summed E-state index contributed by atoms with van der Waals surface area (Å²) in [5, 5.41) is 27.3. The van der Waals surface area contributed by atoms with Crippen LogP contribution >= 0.6 is 0 Å². The van der Waals surface area contributed by atoms with E-state index in [1.165, 1.54) is 6.42 Å². The lowest BCUT2D eigenvalue weighted by Crippen LogP contribution is -2.56. The molecule has 0 saturated carbocycles. The number of rotatable bonds is 16. The molecule has 0 heterocycles. The van der Waals surface area contributed by atoms with Crippen molar-refractivity contribution >= 4 is 5.97 Å². The molecular weight excluding hydrogens is 286 g/mol. The van der Waals surface area contributed by atoms with Gasteiger partial charge in [-0.15, -0.1) is 6.58 Å². The van der Waals surface area contributed by atoms with E-state index in [-0.39, 0.29) is 24.2 Å². The lowest BCUT2D eigenvalue weighted by Gasteiger charge is -2.36. The SMILES string of the molecule is C=CCCCCCCOCC[N+](CCO)(CCO)CC(=O)O. The third kappa shape index (κ3) is 10.7. The highest BCUT2D eigenvalue weighted by Gasteiger charge is 2.29. The van der Waals surface area contributed by atoms with Gasteiger partial charge in [-0.2, -0.15) is 0 Å². The van der Waals surface area contributed by atoms with Gasteiger partial charge in [-0.1, -0.05) is 18.9 Å². The minimum absolute atomic E-state index is 0.101. The molecule has 22 heavy (non-hydrogen) atoms. The number of aliphatic carboxylic acids is 1. The molecule has 0 aliphatic carbocycles. The Morgan fingerprint density at radius 1 is 1.00 bits per heavy atom. The van der Waals surface area contributed by atoms with Crippen LogP contribution in [-0.4, -0.2) is 78.4 Å². The van der Waals surface area contributed by atoms with Crippen LogP contribution in [0, 0.1) is 0 Å². The molecule has 3 N–H and O–H groups in total. The molecule has 0 aromatic carbocycles. The maximum atomic E-state index is 11.0. The van der Waals surface area contributed by atoms with E-state index in [0.717, 1.165) is 25.7 Å². The third-order valence-corrected chi connectivity index (χ3v) is 3.78. The van der Waals surface area contributed by atoms with Gasteiger partial charge in [0.05, 0.1) is 19.8 Å². The van der Waals surface area contributed by atoms with Crippen molar-refractivity contribution in [2.24, 2.45) is 0 Å². The highest BCUT2D eigenvalue weighted by molar-refractivity contribution is 5.67. The van der Waals surface area contributed by atoms with Crippen molar-refractivity contribution in [2.75, 3.05) is 52.6 Å². The number of aliphatic hydroxyl groups is 2. The average Bonchev–Trinajstić information content (AvgIpc) is 2.45. The zero-order valence-electron chi connectivity index (χ0n) is 13.6. The number of nitrogens with zero attached hydrogens (tertiary/aromatic N) is 1.